The number of ketones is 1. The Bertz CT molecular complexity index is 1080. The third-order valence-corrected chi connectivity index (χ3v) is 6.40. The van der Waals surface area contributed by atoms with Gasteiger partial charge in [-0.3, -0.25) is 24.2 Å². The first-order valence-corrected chi connectivity index (χ1v) is 12.8. The van der Waals surface area contributed by atoms with E-state index in [9.17, 15) is 24.3 Å². The van der Waals surface area contributed by atoms with Crippen molar-refractivity contribution in [1.82, 2.24) is 15.6 Å². The lowest BCUT2D eigenvalue weighted by Gasteiger charge is -2.24. The summed E-state index contributed by atoms with van der Waals surface area (Å²) < 4.78 is 10.5. The number of hydrogen-bond donors (Lipinski definition) is 3. The predicted molar refractivity (Wildman–Crippen MR) is 140 cm³/mol. The van der Waals surface area contributed by atoms with Crippen LogP contribution in [0.25, 0.3) is 0 Å². The number of nitrogens with one attached hydrogen (secondary N) is 2. The van der Waals surface area contributed by atoms with Crippen molar-refractivity contribution in [3.05, 3.63) is 53.9 Å². The Labute approximate surface area is 220 Å². The number of thioether (sulfide) groups is 1. The van der Waals surface area contributed by atoms with Gasteiger partial charge >= 0.3 is 5.97 Å². The van der Waals surface area contributed by atoms with Crippen LogP contribution < -0.4 is 20.1 Å². The number of methoxy groups -OCH3 is 2. The first-order chi connectivity index (χ1) is 17.6. The van der Waals surface area contributed by atoms with E-state index in [1.807, 2.05) is 12.1 Å². The predicted octanol–water partition coefficient (Wildman–Crippen LogP) is 2.24. The molecule has 3 N–H and O–H groups in total. The van der Waals surface area contributed by atoms with Gasteiger partial charge in [0.2, 0.25) is 11.8 Å². The number of Topliss-reactive ketones (excluding diaryl/α,β-unsaturated/α-hetero) is 1. The van der Waals surface area contributed by atoms with E-state index in [2.05, 4.69) is 15.6 Å². The summed E-state index contributed by atoms with van der Waals surface area (Å²) in [7, 11) is 3.00. The molecule has 2 unspecified atom stereocenters. The molecule has 0 bridgehead atoms. The summed E-state index contributed by atoms with van der Waals surface area (Å²) in [6.45, 7) is 3.49. The lowest BCUT2D eigenvalue weighted by Crippen LogP contribution is -2.54. The molecule has 200 valence electrons. The third kappa shape index (κ3) is 9.76. The van der Waals surface area contributed by atoms with Crippen molar-refractivity contribution in [3.63, 3.8) is 0 Å². The largest absolute Gasteiger partial charge is 0.497 e. The van der Waals surface area contributed by atoms with Crippen LogP contribution in [-0.4, -0.2) is 65.7 Å². The van der Waals surface area contributed by atoms with E-state index in [1.54, 1.807) is 44.3 Å². The average molecular weight is 532 g/mol. The molecule has 0 saturated carbocycles. The Balaban J connectivity index is 2.04. The van der Waals surface area contributed by atoms with Crippen LogP contribution in [0.1, 0.15) is 31.5 Å². The molecule has 1 aromatic heterocycles. The Morgan fingerprint density at radius 2 is 1.81 bits per heavy atom. The highest BCUT2D eigenvalue weighted by atomic mass is 32.2. The topological polar surface area (TPSA) is 144 Å². The Morgan fingerprint density at radius 3 is 2.41 bits per heavy atom. The van der Waals surface area contributed by atoms with Crippen molar-refractivity contribution in [2.45, 2.75) is 44.5 Å². The van der Waals surface area contributed by atoms with Crippen molar-refractivity contribution in [2.24, 2.45) is 5.92 Å². The quantitative estimate of drug-likeness (QED) is 0.315. The Kier molecular flexibility index (Phi) is 11.9. The molecule has 0 aliphatic rings. The van der Waals surface area contributed by atoms with Gasteiger partial charge in [-0.1, -0.05) is 19.9 Å². The molecule has 1 heterocycles. The molecule has 0 aliphatic heterocycles. The fourth-order valence-corrected chi connectivity index (χ4v) is 4.36. The van der Waals surface area contributed by atoms with E-state index in [4.69, 9.17) is 9.47 Å². The van der Waals surface area contributed by atoms with Crippen LogP contribution in [0.2, 0.25) is 0 Å². The minimum atomic E-state index is -1.22. The molecule has 10 nitrogen and oxygen atoms in total. The third-order valence-electron chi connectivity index (χ3n) is 5.41. The van der Waals surface area contributed by atoms with E-state index in [0.717, 1.165) is 5.69 Å². The number of rotatable bonds is 15. The monoisotopic (exact) mass is 531 g/mol. The number of carboxylic acid groups (broad SMARTS) is 1. The van der Waals surface area contributed by atoms with E-state index in [0.29, 0.717) is 22.8 Å². The fraction of sp³-hybridized carbons (Fsp3) is 0.423. The Morgan fingerprint density at radius 1 is 1.05 bits per heavy atom. The fourth-order valence-electron chi connectivity index (χ4n) is 3.47. The number of aromatic nitrogens is 1. The molecule has 11 heteroatoms. The molecular weight excluding hydrogens is 498 g/mol. The van der Waals surface area contributed by atoms with Crippen molar-refractivity contribution in [1.29, 1.82) is 0 Å². The summed E-state index contributed by atoms with van der Waals surface area (Å²) in [6, 6.07) is 8.31. The maximum Gasteiger partial charge on any atom is 0.305 e. The zero-order valence-corrected chi connectivity index (χ0v) is 22.2. The van der Waals surface area contributed by atoms with Gasteiger partial charge in [0.1, 0.15) is 17.5 Å². The lowest BCUT2D eigenvalue weighted by molar-refractivity contribution is -0.140. The van der Waals surface area contributed by atoms with Crippen molar-refractivity contribution in [2.75, 3.05) is 20.0 Å². The van der Waals surface area contributed by atoms with Gasteiger partial charge in [0.15, 0.2) is 5.78 Å². The maximum atomic E-state index is 13.1. The molecule has 0 spiro atoms. The summed E-state index contributed by atoms with van der Waals surface area (Å²) in [5.74, 6) is -1.51. The number of carboxylic acids is 1. The number of hydrogen-bond acceptors (Lipinski definition) is 8. The lowest BCUT2D eigenvalue weighted by atomic mass is 10.0. The second-order valence-electron chi connectivity index (χ2n) is 8.58. The van der Waals surface area contributed by atoms with Crippen LogP contribution in [0.5, 0.6) is 11.5 Å². The van der Waals surface area contributed by atoms with Gasteiger partial charge in [-0.25, -0.2) is 0 Å². The number of pyridine rings is 1. The molecule has 2 aromatic rings. The molecule has 2 atom stereocenters. The average Bonchev–Trinajstić information content (AvgIpc) is 2.86. The second-order valence-corrected chi connectivity index (χ2v) is 9.57. The highest BCUT2D eigenvalue weighted by molar-refractivity contribution is 7.99. The Hall–Kier alpha value is -3.60. The maximum absolute atomic E-state index is 13.1. The van der Waals surface area contributed by atoms with Crippen molar-refractivity contribution < 1.29 is 33.8 Å². The van der Waals surface area contributed by atoms with Crippen LogP contribution in [0.4, 0.5) is 0 Å². The molecular formula is C26H33N3O7S. The summed E-state index contributed by atoms with van der Waals surface area (Å²) >= 11 is 1.28. The summed E-state index contributed by atoms with van der Waals surface area (Å²) in [6.07, 6.45) is 1.02. The first-order valence-electron chi connectivity index (χ1n) is 11.7. The zero-order valence-electron chi connectivity index (χ0n) is 21.4. The number of carbonyl (C=O) groups excluding carboxylic acids is 3. The van der Waals surface area contributed by atoms with Gasteiger partial charge in [-0.2, -0.15) is 0 Å². The summed E-state index contributed by atoms with van der Waals surface area (Å²) in [4.78, 5) is 54.2. The van der Waals surface area contributed by atoms with E-state index in [-0.39, 0.29) is 18.1 Å². The van der Waals surface area contributed by atoms with Gasteiger partial charge in [-0.15, -0.1) is 11.8 Å². The van der Waals surface area contributed by atoms with Crippen LogP contribution in [0.3, 0.4) is 0 Å². The molecule has 0 aliphatic carbocycles. The van der Waals surface area contributed by atoms with Gasteiger partial charge in [0.25, 0.3) is 0 Å². The number of ether oxygens (including phenoxy) is 2. The van der Waals surface area contributed by atoms with E-state index < -0.39 is 42.1 Å². The molecule has 0 radical (unpaired) electrons. The molecule has 0 saturated heterocycles. The smallest absolute Gasteiger partial charge is 0.305 e. The highest BCUT2D eigenvalue weighted by Crippen LogP contribution is 2.24. The molecule has 37 heavy (non-hydrogen) atoms. The zero-order chi connectivity index (χ0) is 27.4. The first kappa shape index (κ1) is 29.6. The number of amides is 2. The summed E-state index contributed by atoms with van der Waals surface area (Å²) in [5.41, 5.74) is 1.36. The molecule has 2 amide bonds. The minimum Gasteiger partial charge on any atom is -0.497 e. The van der Waals surface area contributed by atoms with Crippen LogP contribution in [-0.2, 0) is 31.4 Å². The van der Waals surface area contributed by atoms with Crippen LogP contribution >= 0.6 is 11.8 Å². The van der Waals surface area contributed by atoms with Gasteiger partial charge in [-0.05, 0) is 36.2 Å². The summed E-state index contributed by atoms with van der Waals surface area (Å²) in [5, 5.41) is 14.5. The van der Waals surface area contributed by atoms with Gasteiger partial charge in [0.05, 0.1) is 44.5 Å². The second kappa shape index (κ2) is 14.8. The van der Waals surface area contributed by atoms with Crippen LogP contribution in [0.15, 0.2) is 42.6 Å². The molecule has 1 aromatic carbocycles. The van der Waals surface area contributed by atoms with E-state index in [1.165, 1.54) is 26.0 Å². The number of aliphatic carboxylic acids is 1. The number of benzene rings is 1. The normalized spacial score (nSPS) is 12.4. The van der Waals surface area contributed by atoms with Crippen LogP contribution in [0, 0.1) is 5.92 Å². The van der Waals surface area contributed by atoms with E-state index >= 15 is 0 Å². The number of carbonyl (C=O) groups is 4. The van der Waals surface area contributed by atoms with Gasteiger partial charge < -0.3 is 25.2 Å². The number of nitrogens with zero attached hydrogens (tertiary/aromatic N) is 1. The van der Waals surface area contributed by atoms with Gasteiger partial charge in [0, 0.05) is 17.5 Å². The standard InChI is InChI=1S/C26H33N3O7S/c1-16(2)25(29-23(31)12-17-11-19(35-3)8-9-22(17)36-4)26(34)28-20(13-24(32)33)21(30)15-37-14-18-7-5-6-10-27-18/h5-11,16,20,25H,12-15H2,1-4H3,(H,28,34)(H,29,31)(H,32,33). The van der Waals surface area contributed by atoms with Crippen molar-refractivity contribution >= 4 is 35.3 Å². The minimum absolute atomic E-state index is 0.00312. The SMILES string of the molecule is COc1ccc(OC)c(CC(=O)NC(C(=O)NC(CC(=O)O)C(=O)CSCc2ccccn2)C(C)C)c1. The molecule has 2 rings (SSSR count). The molecule has 0 fully saturated rings. The van der Waals surface area contributed by atoms with Crippen molar-refractivity contribution in [3.8, 4) is 11.5 Å². The highest BCUT2D eigenvalue weighted by Gasteiger charge is 2.30.